The molecule has 0 atom stereocenters. The number of rotatable bonds is 6. The zero-order valence-electron chi connectivity index (χ0n) is 11.4. The van der Waals surface area contributed by atoms with Gasteiger partial charge in [0.05, 0.1) is 0 Å². The van der Waals surface area contributed by atoms with Crippen LogP contribution in [0.4, 0.5) is 0 Å². The molecular weight excluding hydrogens is 294 g/mol. The number of hydrogen-bond acceptors (Lipinski definition) is 0. The summed E-state index contributed by atoms with van der Waals surface area (Å²) in [5.74, 6) is 0. The average Bonchev–Trinajstić information content (AvgIpc) is 2.46. The van der Waals surface area contributed by atoms with E-state index >= 15 is 0 Å². The molecule has 0 nitrogen and oxygen atoms in total. The Morgan fingerprint density at radius 3 is 1.63 bits per heavy atom. The van der Waals surface area contributed by atoms with Gasteiger partial charge < -0.3 is 0 Å². The maximum absolute atomic E-state index is 2.28. The minimum Gasteiger partial charge on any atom is -0.0654 e. The van der Waals surface area contributed by atoms with Crippen molar-refractivity contribution in [3.8, 4) is 0 Å². The van der Waals surface area contributed by atoms with Gasteiger partial charge in [-0.15, -0.1) is 0 Å². The first-order valence-electron chi connectivity index (χ1n) is 6.79. The predicted molar refractivity (Wildman–Crippen MR) is 83.5 cm³/mol. The van der Waals surface area contributed by atoms with Gasteiger partial charge in [0.1, 0.15) is 0 Å². The molecule has 0 aromatic heterocycles. The van der Waals surface area contributed by atoms with Crippen LogP contribution in [0, 0.1) is 0 Å². The van der Waals surface area contributed by atoms with Gasteiger partial charge in [-0.25, -0.2) is 0 Å². The average molecular weight is 315 g/mol. The molecule has 2 rings (SSSR count). The van der Waals surface area contributed by atoms with E-state index in [9.17, 15) is 0 Å². The molecule has 0 saturated heterocycles. The number of unbranched alkanes of at least 4 members (excludes halogenated alkanes) is 2. The summed E-state index contributed by atoms with van der Waals surface area (Å²) >= 11 is 0. The van der Waals surface area contributed by atoms with Gasteiger partial charge in [-0.3, -0.25) is 0 Å². The van der Waals surface area contributed by atoms with Crippen LogP contribution in [0.25, 0.3) is 0 Å². The Bertz CT molecular complexity index is 402. The van der Waals surface area contributed by atoms with Crippen LogP contribution in [0.1, 0.15) is 26.2 Å². The van der Waals surface area contributed by atoms with Crippen LogP contribution < -0.4 is 10.6 Å². The molecule has 0 spiro atoms. The van der Waals surface area contributed by atoms with Gasteiger partial charge in [0.2, 0.25) is 0 Å². The molecule has 104 valence electrons. The molecule has 0 amide bonds. The zero-order chi connectivity index (χ0) is 12.6. The van der Waals surface area contributed by atoms with Crippen molar-refractivity contribution < 1.29 is 16.5 Å². The van der Waals surface area contributed by atoms with Crippen molar-refractivity contribution in [1.82, 2.24) is 0 Å². The molecule has 2 heteroatoms. The van der Waals surface area contributed by atoms with Crippen molar-refractivity contribution >= 4 is 18.5 Å². The van der Waals surface area contributed by atoms with E-state index in [0.29, 0.717) is 0 Å². The molecule has 0 N–H and O–H groups in total. The van der Waals surface area contributed by atoms with Gasteiger partial charge in [-0.05, 0) is 31.1 Å². The second kappa shape index (κ2) is 9.30. The van der Waals surface area contributed by atoms with Crippen LogP contribution >= 0.6 is 7.92 Å². The Balaban J connectivity index is 0.00000180. The Labute approximate surface area is 128 Å². The van der Waals surface area contributed by atoms with Crippen molar-refractivity contribution in [2.75, 3.05) is 6.16 Å². The normalized spacial score (nSPS) is 10.2. The van der Waals surface area contributed by atoms with Gasteiger partial charge in [0, 0.05) is 16.5 Å². The van der Waals surface area contributed by atoms with Crippen molar-refractivity contribution in [3.05, 3.63) is 60.7 Å². The summed E-state index contributed by atoms with van der Waals surface area (Å²) in [5, 5.41) is 3.02. The molecular formula is C17H21NiP. The van der Waals surface area contributed by atoms with Crippen LogP contribution in [-0.2, 0) is 16.5 Å². The van der Waals surface area contributed by atoms with Gasteiger partial charge in [0.15, 0.2) is 0 Å². The van der Waals surface area contributed by atoms with E-state index in [1.54, 1.807) is 0 Å². The first kappa shape index (κ1) is 16.4. The second-order valence-corrected chi connectivity index (χ2v) is 6.87. The number of benzene rings is 2. The van der Waals surface area contributed by atoms with E-state index in [2.05, 4.69) is 67.6 Å². The third-order valence-corrected chi connectivity index (χ3v) is 5.73. The molecule has 2 aromatic carbocycles. The van der Waals surface area contributed by atoms with E-state index in [1.165, 1.54) is 36.0 Å². The molecule has 0 aliphatic heterocycles. The van der Waals surface area contributed by atoms with Gasteiger partial charge in [-0.2, -0.15) is 0 Å². The van der Waals surface area contributed by atoms with Crippen LogP contribution in [0.5, 0.6) is 0 Å². The Morgan fingerprint density at radius 1 is 0.737 bits per heavy atom. The van der Waals surface area contributed by atoms with E-state index in [-0.39, 0.29) is 24.4 Å². The Hall–Kier alpha value is -0.636. The van der Waals surface area contributed by atoms with Crippen molar-refractivity contribution in [1.29, 1.82) is 0 Å². The zero-order valence-corrected chi connectivity index (χ0v) is 13.2. The monoisotopic (exact) mass is 314 g/mol. The fourth-order valence-corrected chi connectivity index (χ4v) is 4.56. The molecule has 0 heterocycles. The van der Waals surface area contributed by atoms with Gasteiger partial charge >= 0.3 is 0 Å². The van der Waals surface area contributed by atoms with E-state index < -0.39 is 0 Å². The molecule has 2 aromatic rings. The Morgan fingerprint density at radius 2 is 1.21 bits per heavy atom. The largest absolute Gasteiger partial charge is 0.0654 e. The predicted octanol–water partition coefficient (Wildman–Crippen LogP) is 4.31. The van der Waals surface area contributed by atoms with E-state index in [4.69, 9.17) is 0 Å². The van der Waals surface area contributed by atoms with Crippen molar-refractivity contribution in [3.63, 3.8) is 0 Å². The fourth-order valence-electron chi connectivity index (χ4n) is 2.14. The standard InChI is InChI=1S/C17H21P.Ni/c1-2-3-10-15-18(16-11-6-4-7-12-16)17-13-8-5-9-14-17;/h4-9,11-14H,2-3,10,15H2,1H3;. The second-order valence-electron chi connectivity index (χ2n) is 4.53. The smallest absolute Gasteiger partial charge is 0 e. The molecule has 0 unspecified atom stereocenters. The van der Waals surface area contributed by atoms with Crippen molar-refractivity contribution in [2.24, 2.45) is 0 Å². The summed E-state index contributed by atoms with van der Waals surface area (Å²) in [6, 6.07) is 22.0. The summed E-state index contributed by atoms with van der Waals surface area (Å²) in [6.45, 7) is 2.27. The topological polar surface area (TPSA) is 0 Å². The summed E-state index contributed by atoms with van der Waals surface area (Å²) in [5.41, 5.74) is 0. The summed E-state index contributed by atoms with van der Waals surface area (Å²) < 4.78 is 0. The maximum Gasteiger partial charge on any atom is 0 e. The summed E-state index contributed by atoms with van der Waals surface area (Å²) in [6.07, 6.45) is 5.30. The first-order chi connectivity index (χ1) is 8.92. The summed E-state index contributed by atoms with van der Waals surface area (Å²) in [4.78, 5) is 0. The van der Waals surface area contributed by atoms with Crippen LogP contribution in [0.15, 0.2) is 60.7 Å². The molecule has 0 aliphatic carbocycles. The van der Waals surface area contributed by atoms with Crippen molar-refractivity contribution in [2.45, 2.75) is 26.2 Å². The fraction of sp³-hybridized carbons (Fsp3) is 0.294. The molecule has 0 saturated carbocycles. The summed E-state index contributed by atoms with van der Waals surface area (Å²) in [7, 11) is -0.162. The molecule has 0 aliphatic rings. The van der Waals surface area contributed by atoms with Crippen LogP contribution in [0.2, 0.25) is 0 Å². The molecule has 0 fully saturated rings. The SMILES string of the molecule is CCCCCP(c1ccccc1)c1ccccc1.[Ni]. The minimum absolute atomic E-state index is 0. The maximum atomic E-state index is 2.28. The van der Waals surface area contributed by atoms with E-state index in [0.717, 1.165) is 0 Å². The van der Waals surface area contributed by atoms with Crippen LogP contribution in [-0.4, -0.2) is 6.16 Å². The molecule has 19 heavy (non-hydrogen) atoms. The third-order valence-electron chi connectivity index (χ3n) is 3.12. The van der Waals surface area contributed by atoms with Gasteiger partial charge in [-0.1, -0.05) is 80.4 Å². The molecule has 0 bridgehead atoms. The number of hydrogen-bond donors (Lipinski definition) is 0. The Kier molecular flexibility index (Phi) is 8.03. The first-order valence-corrected chi connectivity index (χ1v) is 8.32. The minimum atomic E-state index is -0.162. The quantitative estimate of drug-likeness (QED) is 0.423. The molecule has 0 radical (unpaired) electrons. The third kappa shape index (κ3) is 5.09. The van der Waals surface area contributed by atoms with E-state index in [1.807, 2.05) is 0 Å². The van der Waals surface area contributed by atoms with Crippen LogP contribution in [0.3, 0.4) is 0 Å². The van der Waals surface area contributed by atoms with Gasteiger partial charge in [0.25, 0.3) is 0 Å².